The topological polar surface area (TPSA) is 120 Å². The quantitative estimate of drug-likeness (QED) is 0.693. The van der Waals surface area contributed by atoms with Crippen LogP contribution in [0.15, 0.2) is 18.2 Å². The summed E-state index contributed by atoms with van der Waals surface area (Å²) in [5, 5.41) is 0. The average Bonchev–Trinajstić information content (AvgIpc) is 3.08. The van der Waals surface area contributed by atoms with E-state index in [4.69, 9.17) is 24.9 Å². The Morgan fingerprint density at radius 1 is 1.16 bits per heavy atom. The molecule has 2 atom stereocenters. The summed E-state index contributed by atoms with van der Waals surface area (Å²) >= 11 is 0. The summed E-state index contributed by atoms with van der Waals surface area (Å²) in [7, 11) is 1.59. The minimum atomic E-state index is -1.13. The number of imidazole rings is 1. The van der Waals surface area contributed by atoms with Crippen molar-refractivity contribution in [3.05, 3.63) is 24.0 Å². The van der Waals surface area contributed by atoms with Gasteiger partial charge in [0.15, 0.2) is 0 Å². The summed E-state index contributed by atoms with van der Waals surface area (Å²) in [5.74, 6) is 0.722. The van der Waals surface area contributed by atoms with Gasteiger partial charge < -0.3 is 24.9 Å². The van der Waals surface area contributed by atoms with Gasteiger partial charge >= 0.3 is 12.1 Å². The van der Waals surface area contributed by atoms with Gasteiger partial charge in [0.2, 0.25) is 0 Å². The minimum Gasteiger partial charge on any atom is -0.497 e. The Hall–Kier alpha value is -2.81. The molecular formula is C23H34N4O5. The maximum atomic E-state index is 13.5. The van der Waals surface area contributed by atoms with E-state index >= 15 is 0 Å². The molecule has 9 nitrogen and oxygen atoms in total. The highest BCUT2D eigenvalue weighted by atomic mass is 16.6. The molecule has 0 saturated carbocycles. The molecule has 3 N–H and O–H groups in total. The lowest BCUT2D eigenvalue weighted by Gasteiger charge is -2.43. The zero-order valence-electron chi connectivity index (χ0n) is 19.9. The van der Waals surface area contributed by atoms with Gasteiger partial charge in [-0.05, 0) is 60.1 Å². The van der Waals surface area contributed by atoms with Crippen molar-refractivity contribution in [2.24, 2.45) is 5.73 Å². The highest BCUT2D eigenvalue weighted by Crippen LogP contribution is 2.39. The van der Waals surface area contributed by atoms with Crippen LogP contribution in [0.2, 0.25) is 0 Å². The van der Waals surface area contributed by atoms with Crippen LogP contribution < -0.4 is 10.5 Å². The second kappa shape index (κ2) is 8.27. The molecule has 0 spiro atoms. The van der Waals surface area contributed by atoms with E-state index in [1.807, 2.05) is 39.0 Å². The van der Waals surface area contributed by atoms with Crippen molar-refractivity contribution in [1.82, 2.24) is 14.9 Å². The van der Waals surface area contributed by atoms with Crippen molar-refractivity contribution in [3.63, 3.8) is 0 Å². The molecule has 3 rings (SSSR count). The highest BCUT2D eigenvalue weighted by Gasteiger charge is 2.51. The zero-order valence-corrected chi connectivity index (χ0v) is 19.9. The Bertz CT molecular complexity index is 1000. The van der Waals surface area contributed by atoms with Crippen molar-refractivity contribution >= 4 is 23.1 Å². The van der Waals surface area contributed by atoms with Crippen LogP contribution in [0.5, 0.6) is 5.75 Å². The number of H-pyrrole nitrogens is 1. The summed E-state index contributed by atoms with van der Waals surface area (Å²) in [6.45, 7) is 11.1. The molecule has 9 heteroatoms. The fourth-order valence-corrected chi connectivity index (χ4v) is 3.81. The third kappa shape index (κ3) is 4.98. The molecule has 1 aromatic heterocycles. The number of hydrogen-bond donors (Lipinski definition) is 2. The fraction of sp³-hybridized carbons (Fsp3) is 0.609. The lowest BCUT2D eigenvalue weighted by atomic mass is 9.76. The molecule has 2 heterocycles. The number of carbonyl (C=O) groups excluding carboxylic acids is 2. The second-order valence-electron chi connectivity index (χ2n) is 10.2. The van der Waals surface area contributed by atoms with Crippen molar-refractivity contribution < 1.29 is 23.8 Å². The summed E-state index contributed by atoms with van der Waals surface area (Å²) in [4.78, 5) is 35.6. The van der Waals surface area contributed by atoms with Gasteiger partial charge in [-0.25, -0.2) is 9.78 Å². The molecule has 32 heavy (non-hydrogen) atoms. The Morgan fingerprint density at radius 3 is 2.38 bits per heavy atom. The van der Waals surface area contributed by atoms with E-state index in [0.717, 1.165) is 5.52 Å². The molecule has 1 saturated heterocycles. The van der Waals surface area contributed by atoms with Crippen molar-refractivity contribution in [1.29, 1.82) is 0 Å². The van der Waals surface area contributed by atoms with Crippen LogP contribution in [0.4, 0.5) is 4.79 Å². The van der Waals surface area contributed by atoms with Gasteiger partial charge in [-0.1, -0.05) is 0 Å². The number of esters is 1. The summed E-state index contributed by atoms with van der Waals surface area (Å²) in [5.41, 5.74) is 5.39. The molecule has 1 amide bonds. The molecule has 176 valence electrons. The monoisotopic (exact) mass is 446 g/mol. The number of hydrogen-bond acceptors (Lipinski definition) is 7. The summed E-state index contributed by atoms with van der Waals surface area (Å²) < 4.78 is 16.6. The van der Waals surface area contributed by atoms with E-state index in [2.05, 4.69) is 4.98 Å². The molecule has 1 aromatic carbocycles. The number of methoxy groups -OCH3 is 1. The van der Waals surface area contributed by atoms with Crippen LogP contribution >= 0.6 is 0 Å². The van der Waals surface area contributed by atoms with Gasteiger partial charge in [0.1, 0.15) is 28.2 Å². The Labute approximate surface area is 188 Å². The Morgan fingerprint density at radius 2 is 1.81 bits per heavy atom. The van der Waals surface area contributed by atoms with Crippen LogP contribution in [0.1, 0.15) is 60.2 Å². The molecule has 2 aromatic rings. The smallest absolute Gasteiger partial charge is 0.411 e. The lowest BCUT2D eigenvalue weighted by molar-refractivity contribution is -0.165. The maximum absolute atomic E-state index is 13.5. The average molecular weight is 447 g/mol. The Balaban J connectivity index is 1.99. The molecule has 1 aliphatic heterocycles. The minimum absolute atomic E-state index is 0.151. The van der Waals surface area contributed by atoms with Gasteiger partial charge in [-0.3, -0.25) is 9.69 Å². The predicted molar refractivity (Wildman–Crippen MR) is 120 cm³/mol. The number of aromatic nitrogens is 2. The molecule has 0 aliphatic carbocycles. The number of nitrogens with one attached hydrogen (secondary N) is 1. The van der Waals surface area contributed by atoms with Crippen molar-refractivity contribution in [2.45, 2.75) is 77.2 Å². The molecule has 0 radical (unpaired) electrons. The summed E-state index contributed by atoms with van der Waals surface area (Å²) in [6, 6.07) is 5.46. The first-order valence-electron chi connectivity index (χ1n) is 10.8. The first kappa shape index (κ1) is 23.8. The fourth-order valence-electron chi connectivity index (χ4n) is 3.81. The number of carbonyl (C=O) groups is 2. The molecular weight excluding hydrogens is 412 g/mol. The number of piperidine rings is 1. The molecule has 1 aliphatic rings. The number of fused-ring (bicyclic) bond motifs is 1. The lowest BCUT2D eigenvalue weighted by Crippen LogP contribution is -2.59. The van der Waals surface area contributed by atoms with Crippen molar-refractivity contribution in [3.8, 4) is 5.75 Å². The molecule has 2 unspecified atom stereocenters. The number of amides is 1. The van der Waals surface area contributed by atoms with E-state index in [0.29, 0.717) is 23.5 Å². The van der Waals surface area contributed by atoms with Gasteiger partial charge in [0.05, 0.1) is 24.3 Å². The van der Waals surface area contributed by atoms with Gasteiger partial charge in [0.25, 0.3) is 0 Å². The zero-order chi connectivity index (χ0) is 23.9. The third-order valence-corrected chi connectivity index (χ3v) is 5.30. The maximum Gasteiger partial charge on any atom is 0.411 e. The van der Waals surface area contributed by atoms with Crippen LogP contribution in [-0.4, -0.2) is 58.0 Å². The van der Waals surface area contributed by atoms with E-state index < -0.39 is 34.8 Å². The number of rotatable bonds is 3. The standard InChI is InChI=1S/C23H34N4O5/c1-21(2,3)31-19(28)23(18-25-15-9-8-14(30-7)12-16(15)26-18)10-11-27(17(24)13-23)20(29)32-22(4,5)6/h8-9,12,17H,10-11,13,24H2,1-7H3,(H,25,26). The number of ether oxygens (including phenoxy) is 3. The first-order chi connectivity index (χ1) is 14.7. The van der Waals surface area contributed by atoms with E-state index in [-0.39, 0.29) is 13.0 Å². The normalized spacial score (nSPS) is 22.0. The molecule has 0 bridgehead atoms. The van der Waals surface area contributed by atoms with E-state index in [9.17, 15) is 9.59 Å². The largest absolute Gasteiger partial charge is 0.497 e. The number of likely N-dealkylation sites (tertiary alicyclic amines) is 1. The third-order valence-electron chi connectivity index (χ3n) is 5.30. The van der Waals surface area contributed by atoms with E-state index in [1.165, 1.54) is 4.90 Å². The molecule has 1 fully saturated rings. The number of benzene rings is 1. The van der Waals surface area contributed by atoms with Crippen LogP contribution in [-0.2, 0) is 19.7 Å². The Kier molecular flexibility index (Phi) is 6.16. The first-order valence-corrected chi connectivity index (χ1v) is 10.8. The second-order valence-corrected chi connectivity index (χ2v) is 10.2. The SMILES string of the molecule is COc1ccc2nc(C3(C(=O)OC(C)(C)C)CCN(C(=O)OC(C)(C)C)C(N)C3)[nH]c2c1. The highest BCUT2D eigenvalue weighted by molar-refractivity contribution is 5.86. The van der Waals surface area contributed by atoms with Gasteiger partial charge in [-0.2, -0.15) is 0 Å². The number of nitrogens with two attached hydrogens (primary N) is 1. The van der Waals surface area contributed by atoms with Gasteiger partial charge in [-0.15, -0.1) is 0 Å². The van der Waals surface area contributed by atoms with E-state index in [1.54, 1.807) is 27.9 Å². The van der Waals surface area contributed by atoms with Gasteiger partial charge in [0, 0.05) is 19.0 Å². The summed E-state index contributed by atoms with van der Waals surface area (Å²) in [6.07, 6.45) is -0.796. The van der Waals surface area contributed by atoms with Crippen LogP contribution in [0, 0.1) is 0 Å². The van der Waals surface area contributed by atoms with Crippen LogP contribution in [0.3, 0.4) is 0 Å². The number of nitrogens with zero attached hydrogens (tertiary/aromatic N) is 2. The van der Waals surface area contributed by atoms with Crippen LogP contribution in [0.25, 0.3) is 11.0 Å². The predicted octanol–water partition coefficient (Wildman–Crippen LogP) is 3.47. The number of aromatic amines is 1. The van der Waals surface area contributed by atoms with Crippen molar-refractivity contribution in [2.75, 3.05) is 13.7 Å².